The van der Waals surface area contributed by atoms with Crippen molar-refractivity contribution in [3.05, 3.63) is 83.4 Å². The first-order chi connectivity index (χ1) is 13.3. The summed E-state index contributed by atoms with van der Waals surface area (Å²) in [7, 11) is 0. The Bertz CT molecular complexity index is 891. The van der Waals surface area contributed by atoms with Crippen LogP contribution in [-0.4, -0.2) is 22.5 Å². The maximum absolute atomic E-state index is 12.5. The van der Waals surface area contributed by atoms with Gasteiger partial charge in [0.25, 0.3) is 5.91 Å². The van der Waals surface area contributed by atoms with E-state index in [2.05, 4.69) is 27.4 Å². The van der Waals surface area contributed by atoms with Gasteiger partial charge in [-0.1, -0.05) is 36.4 Å². The van der Waals surface area contributed by atoms with E-state index in [1.165, 1.54) is 17.5 Å². The number of aromatic amines is 1. The number of benzene rings is 2. The fraction of sp³-hybridized carbons (Fsp3) is 0.273. The number of fused-ring (bicyclic) bond motifs is 1. The average Bonchev–Trinajstić information content (AvgIpc) is 3.38. The number of carbonyl (C=O) groups excluding carboxylic acids is 1. The van der Waals surface area contributed by atoms with Gasteiger partial charge in [-0.15, -0.1) is 0 Å². The van der Waals surface area contributed by atoms with Gasteiger partial charge in [0.15, 0.2) is 6.61 Å². The first kappa shape index (κ1) is 17.3. The van der Waals surface area contributed by atoms with Gasteiger partial charge in [-0.05, 0) is 48.1 Å². The molecule has 2 aromatic carbocycles. The Morgan fingerprint density at radius 3 is 2.81 bits per heavy atom. The molecule has 138 valence electrons. The molecule has 1 atom stereocenters. The highest BCUT2D eigenvalue weighted by Crippen LogP contribution is 2.26. The van der Waals surface area contributed by atoms with Gasteiger partial charge in [-0.2, -0.15) is 0 Å². The summed E-state index contributed by atoms with van der Waals surface area (Å²) in [5.41, 5.74) is 3.78. The van der Waals surface area contributed by atoms with Gasteiger partial charge < -0.3 is 15.0 Å². The number of hydrogen-bond donors (Lipinski definition) is 2. The molecule has 0 fully saturated rings. The van der Waals surface area contributed by atoms with Crippen LogP contribution in [0.3, 0.4) is 0 Å². The lowest BCUT2D eigenvalue weighted by atomic mass is 10.0. The van der Waals surface area contributed by atoms with Crippen LogP contribution in [0, 0.1) is 0 Å². The molecule has 0 saturated heterocycles. The molecule has 27 heavy (non-hydrogen) atoms. The molecule has 0 bridgehead atoms. The molecule has 0 radical (unpaired) electrons. The minimum absolute atomic E-state index is 0.000273. The Morgan fingerprint density at radius 1 is 1.15 bits per heavy atom. The van der Waals surface area contributed by atoms with Crippen LogP contribution in [0.5, 0.6) is 5.75 Å². The Morgan fingerprint density at radius 2 is 2.00 bits per heavy atom. The Labute approximate surface area is 158 Å². The largest absolute Gasteiger partial charge is 0.484 e. The van der Waals surface area contributed by atoms with E-state index in [0.717, 1.165) is 30.0 Å². The first-order valence-corrected chi connectivity index (χ1v) is 9.35. The van der Waals surface area contributed by atoms with Crippen LogP contribution in [0.4, 0.5) is 0 Å². The summed E-state index contributed by atoms with van der Waals surface area (Å²) in [6, 6.07) is 15.9. The summed E-state index contributed by atoms with van der Waals surface area (Å²) in [5.74, 6) is 1.45. The molecule has 0 unspecified atom stereocenters. The summed E-state index contributed by atoms with van der Waals surface area (Å²) in [6.07, 6.45) is 7.54. The number of hydrogen-bond acceptors (Lipinski definition) is 3. The van der Waals surface area contributed by atoms with Crippen molar-refractivity contribution < 1.29 is 9.53 Å². The minimum atomic E-state index is -0.159. The lowest BCUT2D eigenvalue weighted by molar-refractivity contribution is -0.123. The number of imidazole rings is 1. The monoisotopic (exact) mass is 361 g/mol. The molecule has 0 aliphatic heterocycles. The van der Waals surface area contributed by atoms with E-state index in [9.17, 15) is 4.79 Å². The standard InChI is InChI=1S/C22H23N3O2/c26-22(15-27-19-10-9-16-7-4-8-18(16)13-19)25-20(14-21-23-11-12-24-21)17-5-2-1-3-6-17/h1-3,5-6,9-13,20H,4,7-8,14-15H2,(H,23,24)(H,25,26)/t20-/m0/s1. The molecule has 0 spiro atoms. The summed E-state index contributed by atoms with van der Waals surface area (Å²) in [6.45, 7) is 0.000273. The number of aromatic nitrogens is 2. The van der Waals surface area contributed by atoms with Gasteiger partial charge in [0.2, 0.25) is 0 Å². The topological polar surface area (TPSA) is 67.0 Å². The second-order valence-electron chi connectivity index (χ2n) is 6.84. The van der Waals surface area contributed by atoms with Crippen molar-refractivity contribution in [2.75, 3.05) is 6.61 Å². The van der Waals surface area contributed by atoms with Crippen molar-refractivity contribution in [1.82, 2.24) is 15.3 Å². The number of H-pyrrole nitrogens is 1. The summed E-state index contributed by atoms with van der Waals surface area (Å²) in [5, 5.41) is 3.07. The van der Waals surface area contributed by atoms with Crippen LogP contribution in [0.15, 0.2) is 60.9 Å². The van der Waals surface area contributed by atoms with Crippen LogP contribution in [0.1, 0.15) is 35.0 Å². The van der Waals surface area contributed by atoms with Crippen molar-refractivity contribution in [2.24, 2.45) is 0 Å². The average molecular weight is 361 g/mol. The highest BCUT2D eigenvalue weighted by molar-refractivity contribution is 5.78. The van der Waals surface area contributed by atoms with E-state index in [-0.39, 0.29) is 18.6 Å². The highest BCUT2D eigenvalue weighted by Gasteiger charge is 2.17. The van der Waals surface area contributed by atoms with E-state index in [1.54, 1.807) is 12.4 Å². The lowest BCUT2D eigenvalue weighted by Crippen LogP contribution is -2.34. The molecular formula is C22H23N3O2. The molecular weight excluding hydrogens is 338 g/mol. The quantitative estimate of drug-likeness (QED) is 0.678. The Hall–Kier alpha value is -3.08. The molecule has 1 heterocycles. The first-order valence-electron chi connectivity index (χ1n) is 9.35. The molecule has 2 N–H and O–H groups in total. The fourth-order valence-corrected chi connectivity index (χ4v) is 3.56. The molecule has 1 aliphatic carbocycles. The normalized spacial score (nSPS) is 13.8. The number of nitrogens with one attached hydrogen (secondary N) is 2. The summed E-state index contributed by atoms with van der Waals surface area (Å²) < 4.78 is 5.73. The smallest absolute Gasteiger partial charge is 0.258 e. The predicted molar refractivity (Wildman–Crippen MR) is 104 cm³/mol. The van der Waals surface area contributed by atoms with Crippen LogP contribution in [0.25, 0.3) is 0 Å². The highest BCUT2D eigenvalue weighted by atomic mass is 16.5. The van der Waals surface area contributed by atoms with Crippen molar-refractivity contribution in [3.63, 3.8) is 0 Å². The van der Waals surface area contributed by atoms with Crippen LogP contribution >= 0.6 is 0 Å². The number of rotatable bonds is 7. The van der Waals surface area contributed by atoms with Crippen LogP contribution in [0.2, 0.25) is 0 Å². The zero-order chi connectivity index (χ0) is 18.5. The molecule has 1 aliphatic rings. The predicted octanol–water partition coefficient (Wildman–Crippen LogP) is 3.38. The van der Waals surface area contributed by atoms with E-state index in [0.29, 0.717) is 6.42 Å². The molecule has 1 aromatic heterocycles. The number of nitrogens with zero attached hydrogens (tertiary/aromatic N) is 1. The molecule has 5 heteroatoms. The van der Waals surface area contributed by atoms with Gasteiger partial charge >= 0.3 is 0 Å². The van der Waals surface area contributed by atoms with Gasteiger partial charge in [0.05, 0.1) is 6.04 Å². The lowest BCUT2D eigenvalue weighted by Gasteiger charge is -2.18. The zero-order valence-corrected chi connectivity index (χ0v) is 15.2. The van der Waals surface area contributed by atoms with E-state index >= 15 is 0 Å². The molecule has 5 nitrogen and oxygen atoms in total. The molecule has 0 saturated carbocycles. The Kier molecular flexibility index (Phi) is 5.19. The van der Waals surface area contributed by atoms with Gasteiger partial charge in [-0.25, -0.2) is 4.98 Å². The van der Waals surface area contributed by atoms with E-state index in [1.807, 2.05) is 36.4 Å². The zero-order valence-electron chi connectivity index (χ0n) is 15.2. The van der Waals surface area contributed by atoms with Crippen LogP contribution in [-0.2, 0) is 24.1 Å². The van der Waals surface area contributed by atoms with Gasteiger partial charge in [0.1, 0.15) is 11.6 Å². The van der Waals surface area contributed by atoms with Crippen molar-refractivity contribution in [3.8, 4) is 5.75 Å². The van der Waals surface area contributed by atoms with Crippen molar-refractivity contribution >= 4 is 5.91 Å². The molecule has 1 amide bonds. The van der Waals surface area contributed by atoms with Gasteiger partial charge in [-0.3, -0.25) is 4.79 Å². The van der Waals surface area contributed by atoms with Gasteiger partial charge in [0, 0.05) is 18.8 Å². The van der Waals surface area contributed by atoms with E-state index in [4.69, 9.17) is 4.74 Å². The summed E-state index contributed by atoms with van der Waals surface area (Å²) in [4.78, 5) is 19.9. The number of carbonyl (C=O) groups is 1. The number of amides is 1. The van der Waals surface area contributed by atoms with Crippen molar-refractivity contribution in [2.45, 2.75) is 31.7 Å². The Balaban J connectivity index is 1.39. The molecule has 4 rings (SSSR count). The second kappa shape index (κ2) is 8.08. The minimum Gasteiger partial charge on any atom is -0.484 e. The maximum atomic E-state index is 12.5. The van der Waals surface area contributed by atoms with Crippen LogP contribution < -0.4 is 10.1 Å². The third kappa shape index (κ3) is 4.37. The third-order valence-corrected chi connectivity index (χ3v) is 4.93. The maximum Gasteiger partial charge on any atom is 0.258 e. The number of ether oxygens (including phenoxy) is 1. The van der Waals surface area contributed by atoms with E-state index < -0.39 is 0 Å². The number of aryl methyl sites for hydroxylation is 2. The summed E-state index contributed by atoms with van der Waals surface area (Å²) >= 11 is 0. The fourth-order valence-electron chi connectivity index (χ4n) is 3.56. The third-order valence-electron chi connectivity index (χ3n) is 4.93. The molecule has 3 aromatic rings. The second-order valence-corrected chi connectivity index (χ2v) is 6.84. The van der Waals surface area contributed by atoms with Crippen molar-refractivity contribution in [1.29, 1.82) is 0 Å². The SMILES string of the molecule is O=C(COc1ccc2c(c1)CCC2)N[C@@H](Cc1ncc[nH]1)c1ccccc1.